The predicted octanol–water partition coefficient (Wildman–Crippen LogP) is 1.17. The Labute approximate surface area is 75.5 Å². The maximum Gasteiger partial charge on any atom is 0.0235 e. The van der Waals surface area contributed by atoms with Gasteiger partial charge in [0.2, 0.25) is 0 Å². The lowest BCUT2D eigenvalue weighted by atomic mass is 10.1. The van der Waals surface area contributed by atoms with Crippen LogP contribution in [0.1, 0.15) is 26.7 Å². The molecule has 0 radical (unpaired) electrons. The maximum absolute atomic E-state index is 2.64. The molecule has 0 bridgehead atoms. The molecule has 0 saturated carbocycles. The smallest absolute Gasteiger partial charge is 0.0235 e. The molecule has 0 unspecified atom stereocenters. The second kappa shape index (κ2) is 3.35. The van der Waals surface area contributed by atoms with Crippen LogP contribution in [0.5, 0.6) is 0 Å². The number of hydrogen-bond acceptors (Lipinski definition) is 2. The monoisotopic (exact) mass is 168 g/mol. The van der Waals surface area contributed by atoms with Gasteiger partial charge in [0.25, 0.3) is 0 Å². The second-order valence-electron chi connectivity index (χ2n) is 4.42. The van der Waals surface area contributed by atoms with Crippen molar-refractivity contribution in [3.05, 3.63) is 0 Å². The Balaban J connectivity index is 1.81. The summed E-state index contributed by atoms with van der Waals surface area (Å²) < 4.78 is 0. The number of rotatable bonds is 2. The summed E-state index contributed by atoms with van der Waals surface area (Å²) in [6, 6.07) is 1.64. The number of likely N-dealkylation sites (tertiary alicyclic amines) is 2. The Morgan fingerprint density at radius 3 is 2.33 bits per heavy atom. The molecule has 2 saturated heterocycles. The molecule has 1 atom stereocenters. The Kier molecular flexibility index (Phi) is 2.37. The van der Waals surface area contributed by atoms with E-state index < -0.39 is 0 Å². The van der Waals surface area contributed by atoms with Crippen molar-refractivity contribution in [3.8, 4) is 0 Å². The Hall–Kier alpha value is -0.0800. The van der Waals surface area contributed by atoms with Crippen LogP contribution in [0, 0.1) is 0 Å². The summed E-state index contributed by atoms with van der Waals surface area (Å²) in [6.45, 7) is 9.96. The largest absolute Gasteiger partial charge is 0.299 e. The van der Waals surface area contributed by atoms with Gasteiger partial charge in [-0.15, -0.1) is 0 Å². The zero-order valence-electron chi connectivity index (χ0n) is 8.29. The van der Waals surface area contributed by atoms with Gasteiger partial charge in [0.1, 0.15) is 0 Å². The van der Waals surface area contributed by atoms with Gasteiger partial charge in [-0.1, -0.05) is 0 Å². The van der Waals surface area contributed by atoms with Crippen LogP contribution >= 0.6 is 0 Å². The SMILES string of the molecule is CC(C)N1CC[C@H](N2CCC2)C1. The first-order chi connectivity index (χ1) is 5.77. The molecule has 2 heterocycles. The van der Waals surface area contributed by atoms with E-state index in [-0.39, 0.29) is 0 Å². The molecule has 2 aliphatic rings. The van der Waals surface area contributed by atoms with E-state index in [9.17, 15) is 0 Å². The van der Waals surface area contributed by atoms with Gasteiger partial charge in [0.15, 0.2) is 0 Å². The van der Waals surface area contributed by atoms with E-state index in [1.54, 1.807) is 0 Å². The molecule has 2 nitrogen and oxygen atoms in total. The van der Waals surface area contributed by atoms with Crippen molar-refractivity contribution >= 4 is 0 Å². The van der Waals surface area contributed by atoms with Gasteiger partial charge in [0.05, 0.1) is 0 Å². The van der Waals surface area contributed by atoms with E-state index in [4.69, 9.17) is 0 Å². The molecule has 0 aliphatic carbocycles. The third kappa shape index (κ3) is 1.50. The highest BCUT2D eigenvalue weighted by atomic mass is 15.3. The van der Waals surface area contributed by atoms with E-state index in [1.807, 2.05) is 0 Å². The summed E-state index contributed by atoms with van der Waals surface area (Å²) >= 11 is 0. The van der Waals surface area contributed by atoms with Crippen LogP contribution in [0.15, 0.2) is 0 Å². The Morgan fingerprint density at radius 1 is 1.17 bits per heavy atom. The van der Waals surface area contributed by atoms with Gasteiger partial charge < -0.3 is 0 Å². The van der Waals surface area contributed by atoms with Gasteiger partial charge in [-0.05, 0) is 39.8 Å². The van der Waals surface area contributed by atoms with Crippen LogP contribution in [-0.2, 0) is 0 Å². The minimum absolute atomic E-state index is 0.747. The van der Waals surface area contributed by atoms with E-state index in [1.165, 1.54) is 39.0 Å². The molecular formula is C10H20N2. The van der Waals surface area contributed by atoms with Gasteiger partial charge in [-0.3, -0.25) is 9.80 Å². The van der Waals surface area contributed by atoms with Gasteiger partial charge in [0, 0.05) is 25.2 Å². The second-order valence-corrected chi connectivity index (χ2v) is 4.42. The minimum Gasteiger partial charge on any atom is -0.299 e. The van der Waals surface area contributed by atoms with Crippen molar-refractivity contribution in [3.63, 3.8) is 0 Å². The Bertz CT molecular complexity index is 152. The summed E-state index contributed by atoms with van der Waals surface area (Å²) in [5.74, 6) is 0. The standard InChI is InChI=1S/C10H20N2/c1-9(2)12-7-4-10(8-12)11-5-3-6-11/h9-10H,3-8H2,1-2H3/t10-/m0/s1. The molecule has 0 aromatic carbocycles. The highest BCUT2D eigenvalue weighted by Gasteiger charge is 2.31. The van der Waals surface area contributed by atoms with E-state index in [0.29, 0.717) is 0 Å². The molecule has 2 fully saturated rings. The lowest BCUT2D eigenvalue weighted by Gasteiger charge is -2.36. The van der Waals surface area contributed by atoms with Crippen LogP contribution in [0.25, 0.3) is 0 Å². The first kappa shape index (κ1) is 8.52. The van der Waals surface area contributed by atoms with Crippen LogP contribution in [0.3, 0.4) is 0 Å². The zero-order chi connectivity index (χ0) is 8.55. The molecule has 2 aliphatic heterocycles. The average Bonchev–Trinajstić information content (AvgIpc) is 2.32. The van der Waals surface area contributed by atoms with Crippen LogP contribution in [-0.4, -0.2) is 48.1 Å². The first-order valence-corrected chi connectivity index (χ1v) is 5.25. The predicted molar refractivity (Wildman–Crippen MR) is 51.3 cm³/mol. The summed E-state index contributed by atoms with van der Waals surface area (Å²) in [6.07, 6.45) is 2.83. The third-order valence-corrected chi connectivity index (χ3v) is 3.33. The Morgan fingerprint density at radius 2 is 1.92 bits per heavy atom. The molecule has 0 aromatic heterocycles. The molecule has 12 heavy (non-hydrogen) atoms. The van der Waals surface area contributed by atoms with Crippen LogP contribution in [0.4, 0.5) is 0 Å². The fourth-order valence-electron chi connectivity index (χ4n) is 2.24. The molecule has 0 N–H and O–H groups in total. The van der Waals surface area contributed by atoms with E-state index in [0.717, 1.165) is 12.1 Å². The van der Waals surface area contributed by atoms with Gasteiger partial charge >= 0.3 is 0 Å². The molecule has 0 spiro atoms. The highest BCUT2D eigenvalue weighted by Crippen LogP contribution is 2.21. The molecule has 70 valence electrons. The summed E-state index contributed by atoms with van der Waals surface area (Å²) in [7, 11) is 0. The number of nitrogens with zero attached hydrogens (tertiary/aromatic N) is 2. The minimum atomic E-state index is 0.747. The first-order valence-electron chi connectivity index (χ1n) is 5.25. The fourth-order valence-corrected chi connectivity index (χ4v) is 2.24. The van der Waals surface area contributed by atoms with Crippen molar-refractivity contribution in [1.82, 2.24) is 9.80 Å². The van der Waals surface area contributed by atoms with E-state index >= 15 is 0 Å². The molecular weight excluding hydrogens is 148 g/mol. The normalized spacial score (nSPS) is 32.8. The maximum atomic E-state index is 2.64. The summed E-state index contributed by atoms with van der Waals surface area (Å²) in [5.41, 5.74) is 0. The quantitative estimate of drug-likeness (QED) is 0.611. The summed E-state index contributed by atoms with van der Waals surface area (Å²) in [4.78, 5) is 5.24. The van der Waals surface area contributed by atoms with Gasteiger partial charge in [-0.2, -0.15) is 0 Å². The van der Waals surface area contributed by atoms with Crippen molar-refractivity contribution in [1.29, 1.82) is 0 Å². The van der Waals surface area contributed by atoms with Crippen molar-refractivity contribution in [2.45, 2.75) is 38.8 Å². The van der Waals surface area contributed by atoms with Crippen molar-refractivity contribution < 1.29 is 0 Å². The van der Waals surface area contributed by atoms with Crippen LogP contribution in [0.2, 0.25) is 0 Å². The fraction of sp³-hybridized carbons (Fsp3) is 1.00. The zero-order valence-corrected chi connectivity index (χ0v) is 8.29. The van der Waals surface area contributed by atoms with E-state index in [2.05, 4.69) is 23.6 Å². The third-order valence-electron chi connectivity index (χ3n) is 3.33. The lowest BCUT2D eigenvalue weighted by molar-refractivity contribution is 0.116. The summed E-state index contributed by atoms with van der Waals surface area (Å²) in [5, 5.41) is 0. The van der Waals surface area contributed by atoms with Crippen LogP contribution < -0.4 is 0 Å². The molecule has 2 rings (SSSR count). The molecule has 0 amide bonds. The van der Waals surface area contributed by atoms with Crippen molar-refractivity contribution in [2.24, 2.45) is 0 Å². The van der Waals surface area contributed by atoms with Gasteiger partial charge in [-0.25, -0.2) is 0 Å². The highest BCUT2D eigenvalue weighted by molar-refractivity contribution is 4.87. The van der Waals surface area contributed by atoms with Crippen molar-refractivity contribution in [2.75, 3.05) is 26.2 Å². The lowest BCUT2D eigenvalue weighted by Crippen LogP contribution is -2.46. The molecule has 0 aromatic rings. The molecule has 2 heteroatoms. The average molecular weight is 168 g/mol. The number of hydrogen-bond donors (Lipinski definition) is 0. The topological polar surface area (TPSA) is 6.48 Å².